The number of anilines is 1. The first kappa shape index (κ1) is 12.4. The number of nitrogens with zero attached hydrogens (tertiary/aromatic N) is 1. The maximum Gasteiger partial charge on any atom is 0.153 e. The zero-order valence-electron chi connectivity index (χ0n) is 10.4. The minimum absolute atomic E-state index is 0.315. The first-order chi connectivity index (χ1) is 8.60. The lowest BCUT2D eigenvalue weighted by Crippen LogP contribution is -1.98. The van der Waals surface area contributed by atoms with Gasteiger partial charge in [-0.1, -0.05) is 6.92 Å². The summed E-state index contributed by atoms with van der Waals surface area (Å²) in [5, 5.41) is 0. The molecule has 1 aromatic carbocycles. The van der Waals surface area contributed by atoms with E-state index in [0.29, 0.717) is 17.2 Å². The number of hydrogen-bond acceptors (Lipinski definition) is 3. The predicted octanol–water partition coefficient (Wildman–Crippen LogP) is 3.47. The van der Waals surface area contributed by atoms with Crippen LogP contribution in [0.2, 0.25) is 0 Å². The Hall–Kier alpha value is -2.10. The molecule has 0 aliphatic rings. The standard InChI is InChI=1S/C14H15FN2O/c1-3-12-13(7-4-9(2)17-12)18-14-8-10(15)5-6-11(14)16/h4-8H,3,16H2,1-2H3. The van der Waals surface area contributed by atoms with Crippen molar-refractivity contribution in [2.75, 3.05) is 5.73 Å². The zero-order chi connectivity index (χ0) is 13.1. The van der Waals surface area contributed by atoms with E-state index in [4.69, 9.17) is 10.5 Å². The maximum atomic E-state index is 13.1. The van der Waals surface area contributed by atoms with Crippen molar-refractivity contribution in [2.45, 2.75) is 20.3 Å². The molecule has 0 unspecified atom stereocenters. The van der Waals surface area contributed by atoms with Crippen LogP contribution in [0.3, 0.4) is 0 Å². The number of rotatable bonds is 3. The summed E-state index contributed by atoms with van der Waals surface area (Å²) in [4.78, 5) is 4.38. The second kappa shape index (κ2) is 5.04. The van der Waals surface area contributed by atoms with Gasteiger partial charge in [-0.05, 0) is 37.6 Å². The molecule has 0 atom stereocenters. The van der Waals surface area contributed by atoms with Crippen molar-refractivity contribution < 1.29 is 9.13 Å². The Bertz CT molecular complexity index is 570. The summed E-state index contributed by atoms with van der Waals surface area (Å²) in [6, 6.07) is 7.73. The molecule has 94 valence electrons. The number of ether oxygens (including phenoxy) is 1. The van der Waals surface area contributed by atoms with Crippen LogP contribution >= 0.6 is 0 Å². The monoisotopic (exact) mass is 246 g/mol. The Labute approximate surface area is 105 Å². The largest absolute Gasteiger partial charge is 0.453 e. The van der Waals surface area contributed by atoms with E-state index in [1.807, 2.05) is 26.0 Å². The molecule has 0 aliphatic carbocycles. The average molecular weight is 246 g/mol. The number of nitrogens with two attached hydrogens (primary N) is 1. The predicted molar refractivity (Wildman–Crippen MR) is 69.2 cm³/mol. The lowest BCUT2D eigenvalue weighted by atomic mass is 10.2. The van der Waals surface area contributed by atoms with Gasteiger partial charge < -0.3 is 10.5 Å². The Morgan fingerprint density at radius 2 is 2.00 bits per heavy atom. The molecule has 0 saturated heterocycles. The van der Waals surface area contributed by atoms with Crippen LogP contribution in [-0.2, 0) is 6.42 Å². The summed E-state index contributed by atoms with van der Waals surface area (Å²) in [7, 11) is 0. The molecule has 18 heavy (non-hydrogen) atoms. The molecule has 0 aliphatic heterocycles. The smallest absolute Gasteiger partial charge is 0.153 e. The summed E-state index contributed by atoms with van der Waals surface area (Å²) in [5.41, 5.74) is 7.90. The van der Waals surface area contributed by atoms with Crippen molar-refractivity contribution in [3.63, 3.8) is 0 Å². The lowest BCUT2D eigenvalue weighted by Gasteiger charge is -2.11. The van der Waals surface area contributed by atoms with Gasteiger partial charge in [-0.25, -0.2) is 4.39 Å². The molecule has 0 spiro atoms. The van der Waals surface area contributed by atoms with E-state index in [-0.39, 0.29) is 5.82 Å². The summed E-state index contributed by atoms with van der Waals surface area (Å²) < 4.78 is 18.8. The van der Waals surface area contributed by atoms with Crippen molar-refractivity contribution >= 4 is 5.69 Å². The van der Waals surface area contributed by atoms with E-state index in [2.05, 4.69) is 4.98 Å². The van der Waals surface area contributed by atoms with Gasteiger partial charge in [-0.15, -0.1) is 0 Å². The van der Waals surface area contributed by atoms with Gasteiger partial charge in [0, 0.05) is 11.8 Å². The molecule has 0 amide bonds. The van der Waals surface area contributed by atoms with Crippen molar-refractivity contribution in [1.29, 1.82) is 0 Å². The third-order valence-electron chi connectivity index (χ3n) is 2.60. The highest BCUT2D eigenvalue weighted by atomic mass is 19.1. The van der Waals surface area contributed by atoms with E-state index in [1.165, 1.54) is 18.2 Å². The fourth-order valence-electron chi connectivity index (χ4n) is 1.66. The minimum Gasteiger partial charge on any atom is -0.453 e. The molecule has 0 bridgehead atoms. The van der Waals surface area contributed by atoms with Gasteiger partial charge in [0.1, 0.15) is 11.6 Å². The van der Waals surface area contributed by atoms with Crippen LogP contribution in [0.4, 0.5) is 10.1 Å². The summed E-state index contributed by atoms with van der Waals surface area (Å²) in [6.07, 6.45) is 0.742. The van der Waals surface area contributed by atoms with Crippen molar-refractivity contribution in [3.8, 4) is 11.5 Å². The number of benzene rings is 1. The number of halogens is 1. The van der Waals surface area contributed by atoms with E-state index in [9.17, 15) is 4.39 Å². The van der Waals surface area contributed by atoms with Crippen molar-refractivity contribution in [1.82, 2.24) is 4.98 Å². The molecule has 0 fully saturated rings. The molecule has 3 nitrogen and oxygen atoms in total. The first-order valence-corrected chi connectivity index (χ1v) is 5.79. The fraction of sp³-hybridized carbons (Fsp3) is 0.214. The van der Waals surface area contributed by atoms with Crippen LogP contribution in [-0.4, -0.2) is 4.98 Å². The molecule has 1 aromatic heterocycles. The third-order valence-corrected chi connectivity index (χ3v) is 2.60. The number of aromatic nitrogens is 1. The average Bonchev–Trinajstić information content (AvgIpc) is 2.36. The van der Waals surface area contributed by atoms with Gasteiger partial charge in [-0.3, -0.25) is 4.98 Å². The van der Waals surface area contributed by atoms with Crippen LogP contribution in [0.15, 0.2) is 30.3 Å². The molecular formula is C14H15FN2O. The van der Waals surface area contributed by atoms with Crippen LogP contribution in [0.1, 0.15) is 18.3 Å². The van der Waals surface area contributed by atoms with Gasteiger partial charge in [0.2, 0.25) is 0 Å². The van der Waals surface area contributed by atoms with Gasteiger partial charge in [0.25, 0.3) is 0 Å². The number of pyridine rings is 1. The molecule has 4 heteroatoms. The molecule has 0 radical (unpaired) electrons. The normalized spacial score (nSPS) is 10.4. The van der Waals surface area contributed by atoms with Crippen LogP contribution in [0.5, 0.6) is 11.5 Å². The number of aryl methyl sites for hydroxylation is 2. The molecule has 1 heterocycles. The van der Waals surface area contributed by atoms with Gasteiger partial charge in [0.05, 0.1) is 11.4 Å². The summed E-state index contributed by atoms with van der Waals surface area (Å²) in [6.45, 7) is 3.91. The van der Waals surface area contributed by atoms with Crippen LogP contribution in [0.25, 0.3) is 0 Å². The SMILES string of the molecule is CCc1nc(C)ccc1Oc1cc(F)ccc1N. The van der Waals surface area contributed by atoms with Crippen LogP contribution < -0.4 is 10.5 Å². The number of nitrogen functional groups attached to an aromatic ring is 1. The van der Waals surface area contributed by atoms with E-state index in [0.717, 1.165) is 17.8 Å². The number of hydrogen-bond donors (Lipinski definition) is 1. The van der Waals surface area contributed by atoms with Crippen LogP contribution in [0, 0.1) is 12.7 Å². The molecular weight excluding hydrogens is 231 g/mol. The quantitative estimate of drug-likeness (QED) is 0.843. The maximum absolute atomic E-state index is 13.1. The Morgan fingerprint density at radius 3 is 2.72 bits per heavy atom. The zero-order valence-corrected chi connectivity index (χ0v) is 10.4. The van der Waals surface area contributed by atoms with Crippen molar-refractivity contribution in [3.05, 3.63) is 47.5 Å². The highest BCUT2D eigenvalue weighted by molar-refractivity contribution is 5.54. The van der Waals surface area contributed by atoms with E-state index < -0.39 is 0 Å². The molecule has 2 rings (SSSR count). The van der Waals surface area contributed by atoms with E-state index >= 15 is 0 Å². The summed E-state index contributed by atoms with van der Waals surface area (Å²) >= 11 is 0. The second-order valence-electron chi connectivity index (χ2n) is 4.04. The molecule has 2 N–H and O–H groups in total. The van der Waals surface area contributed by atoms with Gasteiger partial charge in [0.15, 0.2) is 5.75 Å². The van der Waals surface area contributed by atoms with Gasteiger partial charge in [-0.2, -0.15) is 0 Å². The Balaban J connectivity index is 2.36. The second-order valence-corrected chi connectivity index (χ2v) is 4.04. The lowest BCUT2D eigenvalue weighted by molar-refractivity contribution is 0.470. The third kappa shape index (κ3) is 2.59. The van der Waals surface area contributed by atoms with Gasteiger partial charge >= 0.3 is 0 Å². The van der Waals surface area contributed by atoms with E-state index in [1.54, 1.807) is 0 Å². The topological polar surface area (TPSA) is 48.1 Å². The highest BCUT2D eigenvalue weighted by Crippen LogP contribution is 2.30. The Kier molecular flexibility index (Phi) is 3.46. The Morgan fingerprint density at radius 1 is 1.22 bits per heavy atom. The first-order valence-electron chi connectivity index (χ1n) is 5.79. The minimum atomic E-state index is -0.377. The fourth-order valence-corrected chi connectivity index (χ4v) is 1.66. The summed E-state index contributed by atoms with van der Waals surface area (Å²) in [5.74, 6) is 0.549. The highest BCUT2D eigenvalue weighted by Gasteiger charge is 2.08. The van der Waals surface area contributed by atoms with Crippen molar-refractivity contribution in [2.24, 2.45) is 0 Å². The molecule has 2 aromatic rings. The molecule has 0 saturated carbocycles.